The highest BCUT2D eigenvalue weighted by atomic mass is 32.2. The summed E-state index contributed by atoms with van der Waals surface area (Å²) in [4.78, 5) is 11.0. The molecule has 0 saturated carbocycles. The maximum atomic E-state index is 11.3. The molecule has 0 heterocycles. The molecule has 0 aliphatic heterocycles. The average Bonchev–Trinajstić information content (AvgIpc) is 2.14. The highest BCUT2D eigenvalue weighted by molar-refractivity contribution is 7.88. The summed E-state index contributed by atoms with van der Waals surface area (Å²) in [6.45, 7) is 3.54. The van der Waals surface area contributed by atoms with E-state index in [9.17, 15) is 13.2 Å². The zero-order chi connectivity index (χ0) is 13.3. The van der Waals surface area contributed by atoms with E-state index in [2.05, 4.69) is 9.46 Å². The van der Waals surface area contributed by atoms with Crippen molar-refractivity contribution in [3.8, 4) is 0 Å². The summed E-state index contributed by atoms with van der Waals surface area (Å²) in [5, 5.41) is 8.52. The van der Waals surface area contributed by atoms with Gasteiger partial charge in [0, 0.05) is 13.2 Å². The number of hydrogen-bond donors (Lipinski definition) is 3. The van der Waals surface area contributed by atoms with E-state index in [0.717, 1.165) is 6.42 Å². The second-order valence-electron chi connectivity index (χ2n) is 3.74. The minimum absolute atomic E-state index is 0.0890. The van der Waals surface area contributed by atoms with Crippen molar-refractivity contribution in [1.29, 1.82) is 0 Å². The summed E-state index contributed by atoms with van der Waals surface area (Å²) in [5.74, 6) is 0. The molecule has 0 aromatic heterocycles. The normalized spacial score (nSPS) is 11.5. The molecular formula is C9H20N2O5S. The highest BCUT2D eigenvalue weighted by Gasteiger charge is 2.15. The smallest absolute Gasteiger partial charge is 0.422 e. The van der Waals surface area contributed by atoms with Crippen molar-refractivity contribution in [1.82, 2.24) is 9.44 Å². The van der Waals surface area contributed by atoms with E-state index in [0.29, 0.717) is 12.8 Å². The van der Waals surface area contributed by atoms with Crippen LogP contribution in [0.25, 0.3) is 0 Å². The Morgan fingerprint density at radius 2 is 1.94 bits per heavy atom. The van der Waals surface area contributed by atoms with Crippen molar-refractivity contribution in [3.63, 3.8) is 0 Å². The molecule has 8 heteroatoms. The molecule has 3 N–H and O–H groups in total. The molecule has 0 radical (unpaired) electrons. The standard InChI is InChI=1S/C9H20N2O5S/c1-8(2)16-9(13)11-17(14,15)10-6-4-3-5-7-12/h8,10,12H,3-7H2,1-2H3,(H,11,13). The number of aliphatic hydroxyl groups excluding tert-OH is 1. The van der Waals surface area contributed by atoms with Gasteiger partial charge in [0.1, 0.15) is 0 Å². The van der Waals surface area contributed by atoms with Crippen LogP contribution in [0.3, 0.4) is 0 Å². The Bertz CT molecular complexity index is 315. The lowest BCUT2D eigenvalue weighted by molar-refractivity contribution is 0.121. The molecule has 102 valence electrons. The Balaban J connectivity index is 3.84. The number of rotatable bonds is 8. The zero-order valence-corrected chi connectivity index (χ0v) is 10.9. The van der Waals surface area contributed by atoms with Gasteiger partial charge < -0.3 is 9.84 Å². The molecule has 7 nitrogen and oxygen atoms in total. The van der Waals surface area contributed by atoms with Crippen molar-refractivity contribution in [3.05, 3.63) is 0 Å². The third kappa shape index (κ3) is 10.0. The van der Waals surface area contributed by atoms with Crippen molar-refractivity contribution in [2.45, 2.75) is 39.2 Å². The molecule has 0 saturated heterocycles. The first kappa shape index (κ1) is 16.1. The maximum Gasteiger partial charge on any atom is 0.422 e. The van der Waals surface area contributed by atoms with E-state index in [1.807, 2.05) is 0 Å². The predicted octanol–water partition coefficient (Wildman–Crippen LogP) is 0.118. The molecule has 17 heavy (non-hydrogen) atoms. The van der Waals surface area contributed by atoms with Gasteiger partial charge in [-0.3, -0.25) is 0 Å². The number of hydrogen-bond acceptors (Lipinski definition) is 5. The second-order valence-corrected chi connectivity index (χ2v) is 5.24. The summed E-state index contributed by atoms with van der Waals surface area (Å²) in [5.41, 5.74) is 0. The van der Waals surface area contributed by atoms with Crippen LogP contribution < -0.4 is 9.44 Å². The summed E-state index contributed by atoms with van der Waals surface area (Å²) in [6.07, 6.45) is 0.568. The third-order valence-electron chi connectivity index (χ3n) is 1.69. The van der Waals surface area contributed by atoms with Crippen LogP contribution in [-0.2, 0) is 14.9 Å². The second kappa shape index (κ2) is 8.26. The minimum atomic E-state index is -3.85. The lowest BCUT2D eigenvalue weighted by atomic mass is 10.2. The van der Waals surface area contributed by atoms with E-state index < -0.39 is 16.3 Å². The van der Waals surface area contributed by atoms with Gasteiger partial charge in [-0.1, -0.05) is 0 Å². The van der Waals surface area contributed by atoms with E-state index in [-0.39, 0.29) is 19.3 Å². The maximum absolute atomic E-state index is 11.3. The van der Waals surface area contributed by atoms with Gasteiger partial charge >= 0.3 is 16.3 Å². The van der Waals surface area contributed by atoms with Gasteiger partial charge in [0.15, 0.2) is 0 Å². The molecule has 0 bridgehead atoms. The van der Waals surface area contributed by atoms with Crippen molar-refractivity contribution < 1.29 is 23.1 Å². The van der Waals surface area contributed by atoms with E-state index in [1.165, 1.54) is 0 Å². The largest absolute Gasteiger partial charge is 0.446 e. The SMILES string of the molecule is CC(C)OC(=O)NS(=O)(=O)NCCCCCO. The molecule has 0 spiro atoms. The number of carbonyl (C=O) groups excluding carboxylic acids is 1. The molecule has 0 aliphatic carbocycles. The minimum Gasteiger partial charge on any atom is -0.446 e. The van der Waals surface area contributed by atoms with Gasteiger partial charge in [0.05, 0.1) is 6.10 Å². The van der Waals surface area contributed by atoms with E-state index >= 15 is 0 Å². The predicted molar refractivity (Wildman–Crippen MR) is 62.6 cm³/mol. The first-order chi connectivity index (χ1) is 7.87. The van der Waals surface area contributed by atoms with Crippen LogP contribution in [0.4, 0.5) is 4.79 Å². The number of carbonyl (C=O) groups is 1. The molecule has 0 rings (SSSR count). The fourth-order valence-electron chi connectivity index (χ4n) is 1.00. The highest BCUT2D eigenvalue weighted by Crippen LogP contribution is 1.94. The molecular weight excluding hydrogens is 248 g/mol. The van der Waals surface area contributed by atoms with Gasteiger partial charge in [0.2, 0.25) is 0 Å². The van der Waals surface area contributed by atoms with Crippen LogP contribution in [0.5, 0.6) is 0 Å². The fraction of sp³-hybridized carbons (Fsp3) is 0.889. The van der Waals surface area contributed by atoms with E-state index in [1.54, 1.807) is 18.6 Å². The van der Waals surface area contributed by atoms with Gasteiger partial charge in [0.25, 0.3) is 0 Å². The van der Waals surface area contributed by atoms with Crippen LogP contribution in [0.1, 0.15) is 33.1 Å². The van der Waals surface area contributed by atoms with Crippen LogP contribution in [0.15, 0.2) is 0 Å². The first-order valence-corrected chi connectivity index (χ1v) is 6.94. The molecule has 1 amide bonds. The molecule has 0 aliphatic rings. The average molecular weight is 268 g/mol. The quantitative estimate of drug-likeness (QED) is 0.542. The van der Waals surface area contributed by atoms with Crippen molar-refractivity contribution in [2.24, 2.45) is 0 Å². The summed E-state index contributed by atoms with van der Waals surface area (Å²) < 4.78 is 31.1. The molecule has 0 aromatic rings. The van der Waals surface area contributed by atoms with Crippen LogP contribution >= 0.6 is 0 Å². The number of nitrogens with one attached hydrogen (secondary N) is 2. The molecule has 0 atom stereocenters. The Hall–Kier alpha value is -0.860. The van der Waals surface area contributed by atoms with Gasteiger partial charge in [-0.05, 0) is 33.1 Å². The zero-order valence-electron chi connectivity index (χ0n) is 10.1. The van der Waals surface area contributed by atoms with E-state index in [4.69, 9.17) is 5.11 Å². The van der Waals surface area contributed by atoms with Crippen LogP contribution in [0, 0.1) is 0 Å². The summed E-state index contributed by atoms with van der Waals surface area (Å²) >= 11 is 0. The van der Waals surface area contributed by atoms with Crippen molar-refractivity contribution >= 4 is 16.3 Å². The number of ether oxygens (including phenoxy) is 1. The Labute approximate surface area is 102 Å². The Morgan fingerprint density at radius 1 is 1.29 bits per heavy atom. The molecule has 0 aromatic carbocycles. The number of amides is 1. The van der Waals surface area contributed by atoms with Gasteiger partial charge in [-0.25, -0.2) is 9.52 Å². The van der Waals surface area contributed by atoms with Gasteiger partial charge in [-0.15, -0.1) is 0 Å². The fourth-order valence-corrected chi connectivity index (χ4v) is 1.76. The monoisotopic (exact) mass is 268 g/mol. The lowest BCUT2D eigenvalue weighted by Crippen LogP contribution is -2.41. The Kier molecular flexibility index (Phi) is 7.85. The number of unbranched alkanes of at least 4 members (excludes halogenated alkanes) is 2. The first-order valence-electron chi connectivity index (χ1n) is 5.46. The summed E-state index contributed by atoms with van der Waals surface area (Å²) in [6, 6.07) is 0. The van der Waals surface area contributed by atoms with Crippen molar-refractivity contribution in [2.75, 3.05) is 13.2 Å². The lowest BCUT2D eigenvalue weighted by Gasteiger charge is -2.10. The number of aliphatic hydroxyl groups is 1. The summed E-state index contributed by atoms with van der Waals surface area (Å²) in [7, 11) is -3.85. The topological polar surface area (TPSA) is 105 Å². The van der Waals surface area contributed by atoms with Gasteiger partial charge in [-0.2, -0.15) is 13.1 Å². The molecule has 0 unspecified atom stereocenters. The molecule has 0 fully saturated rings. The Morgan fingerprint density at radius 3 is 2.47 bits per heavy atom. The van der Waals surface area contributed by atoms with Crippen LogP contribution in [0.2, 0.25) is 0 Å². The third-order valence-corrected chi connectivity index (χ3v) is 2.71. The van der Waals surface area contributed by atoms with Crippen LogP contribution in [-0.4, -0.2) is 38.9 Å².